The lowest BCUT2D eigenvalue weighted by molar-refractivity contribution is -0.272. The van der Waals surface area contributed by atoms with Crippen LogP contribution in [0.5, 0.6) is 0 Å². The summed E-state index contributed by atoms with van der Waals surface area (Å²) in [6.07, 6.45) is -2.76. The molecule has 0 aliphatic heterocycles. The molecule has 0 aliphatic carbocycles. The summed E-state index contributed by atoms with van der Waals surface area (Å²) < 4.78 is 46.2. The molecule has 122 valence electrons. The highest BCUT2D eigenvalue weighted by molar-refractivity contribution is 5.09. The molecule has 0 bridgehead atoms. The summed E-state index contributed by atoms with van der Waals surface area (Å²) >= 11 is 0. The Balaban J connectivity index is 2.01. The fraction of sp³-hybridized carbons (Fsp3) is 0.500. The molecule has 0 aliphatic rings. The first-order valence-electron chi connectivity index (χ1n) is 6.77. The SMILES string of the molecule is Cc1ccc(CNCC[C@](O)(c2nccn2C)C(F)(F)F)o1. The Hall–Kier alpha value is -1.80. The highest BCUT2D eigenvalue weighted by Crippen LogP contribution is 2.40. The minimum atomic E-state index is -4.81. The fourth-order valence-electron chi connectivity index (χ4n) is 2.21. The highest BCUT2D eigenvalue weighted by Gasteiger charge is 2.56. The van der Waals surface area contributed by atoms with Crippen LogP contribution in [0.4, 0.5) is 13.2 Å². The van der Waals surface area contributed by atoms with E-state index in [0.29, 0.717) is 12.3 Å². The summed E-state index contributed by atoms with van der Waals surface area (Å²) in [6.45, 7) is 2.04. The molecular weight excluding hydrogens is 299 g/mol. The lowest BCUT2D eigenvalue weighted by atomic mass is 9.97. The molecule has 2 rings (SSSR count). The molecule has 0 fully saturated rings. The lowest BCUT2D eigenvalue weighted by Gasteiger charge is -2.30. The number of furan rings is 1. The van der Waals surface area contributed by atoms with Gasteiger partial charge >= 0.3 is 6.18 Å². The second kappa shape index (κ2) is 6.13. The molecule has 0 saturated carbocycles. The van der Waals surface area contributed by atoms with Crippen LogP contribution < -0.4 is 5.32 Å². The summed E-state index contributed by atoms with van der Waals surface area (Å²) in [5.41, 5.74) is -2.99. The predicted molar refractivity (Wildman–Crippen MR) is 72.9 cm³/mol. The molecule has 0 amide bonds. The number of nitrogens with one attached hydrogen (secondary N) is 1. The summed E-state index contributed by atoms with van der Waals surface area (Å²) in [6, 6.07) is 3.52. The van der Waals surface area contributed by atoms with Crippen molar-refractivity contribution in [2.24, 2.45) is 7.05 Å². The van der Waals surface area contributed by atoms with E-state index in [2.05, 4.69) is 10.3 Å². The Morgan fingerprint density at radius 2 is 2.09 bits per heavy atom. The van der Waals surface area contributed by atoms with Crippen LogP contribution in [0.2, 0.25) is 0 Å². The van der Waals surface area contributed by atoms with Gasteiger partial charge in [0.2, 0.25) is 5.60 Å². The quantitative estimate of drug-likeness (QED) is 0.802. The van der Waals surface area contributed by atoms with Crippen LogP contribution in [0.3, 0.4) is 0 Å². The van der Waals surface area contributed by atoms with E-state index in [-0.39, 0.29) is 6.54 Å². The van der Waals surface area contributed by atoms with Crippen molar-refractivity contribution in [2.75, 3.05) is 6.54 Å². The van der Waals surface area contributed by atoms with E-state index in [0.717, 1.165) is 5.76 Å². The van der Waals surface area contributed by atoms with Crippen molar-refractivity contribution in [1.82, 2.24) is 14.9 Å². The molecule has 2 aromatic heterocycles. The molecule has 22 heavy (non-hydrogen) atoms. The number of nitrogens with zero attached hydrogens (tertiary/aromatic N) is 2. The minimum absolute atomic E-state index is 0.0391. The maximum absolute atomic E-state index is 13.3. The van der Waals surface area contributed by atoms with Gasteiger partial charge in [-0.2, -0.15) is 13.2 Å². The number of halogens is 3. The first-order valence-corrected chi connectivity index (χ1v) is 6.77. The molecule has 0 unspecified atom stereocenters. The van der Waals surface area contributed by atoms with E-state index in [1.165, 1.54) is 24.0 Å². The molecule has 1 atom stereocenters. The third-order valence-corrected chi connectivity index (χ3v) is 3.42. The molecule has 2 aromatic rings. The van der Waals surface area contributed by atoms with Crippen molar-refractivity contribution >= 4 is 0 Å². The van der Waals surface area contributed by atoms with E-state index in [4.69, 9.17) is 4.42 Å². The van der Waals surface area contributed by atoms with E-state index in [1.807, 2.05) is 0 Å². The van der Waals surface area contributed by atoms with E-state index >= 15 is 0 Å². The smallest absolute Gasteiger partial charge is 0.424 e. The Labute approximate surface area is 125 Å². The molecular formula is C14H18F3N3O2. The van der Waals surface area contributed by atoms with Crippen LogP contribution in [0.25, 0.3) is 0 Å². The molecule has 2 N–H and O–H groups in total. The molecule has 2 heterocycles. The summed E-state index contributed by atoms with van der Waals surface area (Å²) in [5, 5.41) is 13.0. The van der Waals surface area contributed by atoms with Crippen LogP contribution in [0, 0.1) is 6.92 Å². The second-order valence-electron chi connectivity index (χ2n) is 5.16. The van der Waals surface area contributed by atoms with Gasteiger partial charge in [-0.25, -0.2) is 4.98 Å². The van der Waals surface area contributed by atoms with Crippen molar-refractivity contribution in [2.45, 2.75) is 31.7 Å². The van der Waals surface area contributed by atoms with Gasteiger partial charge in [-0.3, -0.25) is 0 Å². The number of imidazole rings is 1. The number of rotatable bonds is 6. The van der Waals surface area contributed by atoms with Gasteiger partial charge in [0.15, 0.2) is 0 Å². The molecule has 8 heteroatoms. The largest absolute Gasteiger partial charge is 0.465 e. The fourth-order valence-corrected chi connectivity index (χ4v) is 2.21. The number of aliphatic hydroxyl groups is 1. The van der Waals surface area contributed by atoms with Crippen LogP contribution in [0.15, 0.2) is 28.9 Å². The number of aromatic nitrogens is 2. The highest BCUT2D eigenvalue weighted by atomic mass is 19.4. The van der Waals surface area contributed by atoms with Crippen molar-refractivity contribution in [1.29, 1.82) is 0 Å². The normalized spacial score (nSPS) is 15.0. The number of alkyl halides is 3. The van der Waals surface area contributed by atoms with E-state index < -0.39 is 24.0 Å². The maximum Gasteiger partial charge on any atom is 0.424 e. The van der Waals surface area contributed by atoms with Gasteiger partial charge in [-0.1, -0.05) is 0 Å². The molecule has 5 nitrogen and oxygen atoms in total. The monoisotopic (exact) mass is 317 g/mol. The third kappa shape index (κ3) is 3.33. The molecule has 0 radical (unpaired) electrons. The van der Waals surface area contributed by atoms with Crippen molar-refractivity contribution in [3.05, 3.63) is 41.9 Å². The van der Waals surface area contributed by atoms with Gasteiger partial charge < -0.3 is 19.4 Å². The van der Waals surface area contributed by atoms with Crippen LogP contribution in [-0.4, -0.2) is 27.4 Å². The van der Waals surface area contributed by atoms with Crippen molar-refractivity contribution in [3.8, 4) is 0 Å². The van der Waals surface area contributed by atoms with Crippen LogP contribution >= 0.6 is 0 Å². The number of hydrogen-bond acceptors (Lipinski definition) is 4. The van der Waals surface area contributed by atoms with Crippen LogP contribution in [-0.2, 0) is 19.2 Å². The maximum atomic E-state index is 13.3. The topological polar surface area (TPSA) is 63.2 Å². The van der Waals surface area contributed by atoms with Gasteiger partial charge in [0, 0.05) is 25.9 Å². The van der Waals surface area contributed by atoms with Gasteiger partial charge in [0.1, 0.15) is 17.3 Å². The number of hydrogen-bond donors (Lipinski definition) is 2. The van der Waals surface area contributed by atoms with E-state index in [1.54, 1.807) is 19.1 Å². The van der Waals surface area contributed by atoms with Gasteiger partial charge in [0.25, 0.3) is 0 Å². The standard InChI is InChI=1S/C14H18F3N3O2/c1-10-3-4-11(22-10)9-18-6-5-13(21,14(15,16)17)12-19-7-8-20(12)2/h3-4,7-8,18,21H,5-6,9H2,1-2H3/t13-/m0/s1. The Kier molecular flexibility index (Phi) is 4.62. The van der Waals surface area contributed by atoms with Crippen molar-refractivity contribution < 1.29 is 22.7 Å². The van der Waals surface area contributed by atoms with Gasteiger partial charge in [-0.15, -0.1) is 0 Å². The average Bonchev–Trinajstić information content (AvgIpc) is 3.02. The number of aryl methyl sites for hydroxylation is 2. The zero-order valence-corrected chi connectivity index (χ0v) is 12.3. The molecule has 0 saturated heterocycles. The van der Waals surface area contributed by atoms with Crippen LogP contribution in [0.1, 0.15) is 23.8 Å². The molecule has 0 aromatic carbocycles. The zero-order valence-electron chi connectivity index (χ0n) is 12.3. The predicted octanol–water partition coefficient (Wildman–Crippen LogP) is 2.25. The average molecular weight is 317 g/mol. The minimum Gasteiger partial charge on any atom is -0.465 e. The molecule has 0 spiro atoms. The summed E-state index contributed by atoms with van der Waals surface area (Å²) in [4.78, 5) is 3.64. The van der Waals surface area contributed by atoms with Gasteiger partial charge in [0.05, 0.1) is 6.54 Å². The Morgan fingerprint density at radius 3 is 2.59 bits per heavy atom. The summed E-state index contributed by atoms with van der Waals surface area (Å²) in [5.74, 6) is 0.942. The first-order chi connectivity index (χ1) is 10.2. The summed E-state index contributed by atoms with van der Waals surface area (Å²) in [7, 11) is 1.41. The van der Waals surface area contributed by atoms with E-state index in [9.17, 15) is 18.3 Å². The lowest BCUT2D eigenvalue weighted by Crippen LogP contribution is -2.46. The Morgan fingerprint density at radius 1 is 1.36 bits per heavy atom. The second-order valence-corrected chi connectivity index (χ2v) is 5.16. The van der Waals surface area contributed by atoms with Gasteiger partial charge in [-0.05, 0) is 25.6 Å². The Bertz CT molecular complexity index is 621. The first kappa shape index (κ1) is 16.6. The third-order valence-electron chi connectivity index (χ3n) is 3.42. The van der Waals surface area contributed by atoms with Crippen molar-refractivity contribution in [3.63, 3.8) is 0 Å². The zero-order chi connectivity index (χ0) is 16.4.